The van der Waals surface area contributed by atoms with Crippen molar-refractivity contribution in [3.05, 3.63) is 24.4 Å². The third kappa shape index (κ3) is 3.50. The van der Waals surface area contributed by atoms with Gasteiger partial charge in [0, 0.05) is 11.9 Å². The highest BCUT2D eigenvalue weighted by Gasteiger charge is 2.11. The second kappa shape index (κ2) is 6.26. The lowest BCUT2D eigenvalue weighted by molar-refractivity contribution is 0.598. The number of rotatable bonds is 7. The number of nitrogens with zero attached hydrogens (tertiary/aromatic N) is 2. The van der Waals surface area contributed by atoms with E-state index in [4.69, 9.17) is 0 Å². The van der Waals surface area contributed by atoms with E-state index in [-0.39, 0.29) is 5.75 Å². The molecule has 6 heteroatoms. The molecular formula is C14H21N3O2S. The lowest BCUT2D eigenvalue weighted by Crippen LogP contribution is -2.16. The molecule has 0 radical (unpaired) electrons. The Bertz CT molecular complexity index is 677. The van der Waals surface area contributed by atoms with Gasteiger partial charge in [0.1, 0.15) is 0 Å². The summed E-state index contributed by atoms with van der Waals surface area (Å²) in [4.78, 5) is 0. The lowest BCUT2D eigenvalue weighted by Gasteiger charge is -2.08. The maximum atomic E-state index is 11.9. The van der Waals surface area contributed by atoms with Gasteiger partial charge < -0.3 is 0 Å². The fraction of sp³-hybridized carbons (Fsp3) is 0.500. The topological polar surface area (TPSA) is 64.0 Å². The van der Waals surface area contributed by atoms with Crippen LogP contribution in [-0.4, -0.2) is 24.0 Å². The number of hydrogen-bond donors (Lipinski definition) is 1. The van der Waals surface area contributed by atoms with Gasteiger partial charge in [0.05, 0.1) is 23.2 Å². The third-order valence-electron chi connectivity index (χ3n) is 3.12. The van der Waals surface area contributed by atoms with E-state index < -0.39 is 10.0 Å². The quantitative estimate of drug-likeness (QED) is 0.854. The molecule has 0 unspecified atom stereocenters. The van der Waals surface area contributed by atoms with Gasteiger partial charge in [-0.25, -0.2) is 8.42 Å². The first-order valence-corrected chi connectivity index (χ1v) is 8.67. The van der Waals surface area contributed by atoms with E-state index in [0.717, 1.165) is 30.3 Å². The molecular weight excluding hydrogens is 274 g/mol. The molecule has 0 fully saturated rings. The largest absolute Gasteiger partial charge is 0.283 e. The maximum absolute atomic E-state index is 11.9. The zero-order valence-electron chi connectivity index (χ0n) is 12.0. The summed E-state index contributed by atoms with van der Waals surface area (Å²) >= 11 is 0. The number of nitrogens with one attached hydrogen (secondary N) is 1. The minimum absolute atomic E-state index is 0.162. The number of benzene rings is 1. The number of sulfonamides is 1. The minimum atomic E-state index is -3.25. The second-order valence-electron chi connectivity index (χ2n) is 4.92. The summed E-state index contributed by atoms with van der Waals surface area (Å²) in [7, 11) is -3.25. The molecule has 0 bridgehead atoms. The van der Waals surface area contributed by atoms with Gasteiger partial charge in [-0.1, -0.05) is 20.3 Å². The molecule has 1 N–H and O–H groups in total. The molecule has 0 aliphatic heterocycles. The highest BCUT2D eigenvalue weighted by molar-refractivity contribution is 7.92. The van der Waals surface area contributed by atoms with Gasteiger partial charge in [-0.15, -0.1) is 0 Å². The molecule has 20 heavy (non-hydrogen) atoms. The molecule has 1 heterocycles. The molecule has 0 aliphatic rings. The maximum Gasteiger partial charge on any atom is 0.232 e. The van der Waals surface area contributed by atoms with Crippen LogP contribution in [0.2, 0.25) is 0 Å². The first kappa shape index (κ1) is 14.8. The fourth-order valence-electron chi connectivity index (χ4n) is 2.09. The number of hydrogen-bond acceptors (Lipinski definition) is 3. The number of fused-ring (bicyclic) bond motifs is 1. The van der Waals surface area contributed by atoms with Crippen LogP contribution < -0.4 is 4.72 Å². The van der Waals surface area contributed by atoms with Crippen LogP contribution in [0, 0.1) is 0 Å². The Balaban J connectivity index is 2.24. The molecule has 0 amide bonds. The van der Waals surface area contributed by atoms with Gasteiger partial charge in [-0.2, -0.15) is 5.10 Å². The van der Waals surface area contributed by atoms with Gasteiger partial charge in [0.15, 0.2) is 0 Å². The van der Waals surface area contributed by atoms with Crippen molar-refractivity contribution < 1.29 is 8.42 Å². The van der Waals surface area contributed by atoms with Crippen molar-refractivity contribution in [1.29, 1.82) is 0 Å². The number of aryl methyl sites for hydroxylation is 1. The first-order valence-electron chi connectivity index (χ1n) is 7.02. The van der Waals surface area contributed by atoms with Crippen LogP contribution in [0.1, 0.15) is 33.1 Å². The number of anilines is 1. The van der Waals surface area contributed by atoms with Crippen molar-refractivity contribution in [2.45, 2.75) is 39.7 Å². The average molecular weight is 295 g/mol. The van der Waals surface area contributed by atoms with Crippen molar-refractivity contribution in [1.82, 2.24) is 9.78 Å². The Morgan fingerprint density at radius 1 is 1.25 bits per heavy atom. The molecule has 0 saturated carbocycles. The van der Waals surface area contributed by atoms with Crippen LogP contribution >= 0.6 is 0 Å². The second-order valence-corrected chi connectivity index (χ2v) is 6.76. The van der Waals surface area contributed by atoms with Crippen LogP contribution in [0.3, 0.4) is 0 Å². The van der Waals surface area contributed by atoms with Crippen molar-refractivity contribution >= 4 is 26.6 Å². The summed E-state index contributed by atoms with van der Waals surface area (Å²) in [6, 6.07) is 5.53. The lowest BCUT2D eigenvalue weighted by atomic mass is 10.2. The normalized spacial score (nSPS) is 11.9. The average Bonchev–Trinajstić information content (AvgIpc) is 2.79. The van der Waals surface area contributed by atoms with E-state index in [1.165, 1.54) is 0 Å². The van der Waals surface area contributed by atoms with Gasteiger partial charge in [-0.3, -0.25) is 9.40 Å². The molecule has 0 saturated heterocycles. The Morgan fingerprint density at radius 3 is 2.75 bits per heavy atom. The molecule has 2 aromatic rings. The fourth-order valence-corrected chi connectivity index (χ4v) is 3.35. The van der Waals surface area contributed by atoms with E-state index in [2.05, 4.69) is 16.7 Å². The van der Waals surface area contributed by atoms with E-state index in [9.17, 15) is 8.42 Å². The molecule has 110 valence electrons. The molecule has 5 nitrogen and oxygen atoms in total. The Hall–Kier alpha value is -1.56. The van der Waals surface area contributed by atoms with Gasteiger partial charge in [-0.05, 0) is 31.0 Å². The van der Waals surface area contributed by atoms with Crippen LogP contribution in [-0.2, 0) is 16.6 Å². The Morgan fingerprint density at radius 2 is 2.05 bits per heavy atom. The van der Waals surface area contributed by atoms with Crippen LogP contribution in [0.4, 0.5) is 5.69 Å². The molecule has 0 spiro atoms. The Labute approximate surface area is 120 Å². The predicted octanol–water partition coefficient (Wildman–Crippen LogP) is 2.99. The molecule has 2 rings (SSSR count). The summed E-state index contributed by atoms with van der Waals surface area (Å²) < 4.78 is 28.4. The summed E-state index contributed by atoms with van der Waals surface area (Å²) in [5.74, 6) is 0.162. The molecule has 0 aliphatic carbocycles. The number of unbranched alkanes of at least 4 members (excludes halogenated alkanes) is 1. The number of aromatic nitrogens is 2. The minimum Gasteiger partial charge on any atom is -0.283 e. The van der Waals surface area contributed by atoms with Crippen molar-refractivity contribution in [2.24, 2.45) is 0 Å². The molecule has 0 atom stereocenters. The molecule has 1 aromatic heterocycles. The summed E-state index contributed by atoms with van der Waals surface area (Å²) in [6.07, 6.45) is 4.33. The van der Waals surface area contributed by atoms with Crippen LogP contribution in [0.15, 0.2) is 24.4 Å². The predicted molar refractivity (Wildman–Crippen MR) is 82.3 cm³/mol. The zero-order chi connectivity index (χ0) is 14.6. The van der Waals surface area contributed by atoms with Crippen LogP contribution in [0.25, 0.3) is 10.9 Å². The van der Waals surface area contributed by atoms with Crippen LogP contribution in [0.5, 0.6) is 0 Å². The monoisotopic (exact) mass is 295 g/mol. The standard InChI is InChI=1S/C14H21N3O2S/c1-3-5-9-20(18,19)16-13-7-6-12-11-15-17(8-4-2)14(12)10-13/h6-7,10-11,16H,3-5,8-9H2,1-2H3. The Kier molecular flexibility index (Phi) is 4.65. The highest BCUT2D eigenvalue weighted by Crippen LogP contribution is 2.20. The van der Waals surface area contributed by atoms with E-state index in [1.54, 1.807) is 12.3 Å². The summed E-state index contributed by atoms with van der Waals surface area (Å²) in [6.45, 7) is 4.89. The summed E-state index contributed by atoms with van der Waals surface area (Å²) in [5, 5.41) is 5.33. The zero-order valence-corrected chi connectivity index (χ0v) is 12.8. The smallest absolute Gasteiger partial charge is 0.232 e. The SMILES string of the molecule is CCCCS(=O)(=O)Nc1ccc2cnn(CCC)c2c1. The third-order valence-corrected chi connectivity index (χ3v) is 4.49. The van der Waals surface area contributed by atoms with Crippen molar-refractivity contribution in [3.63, 3.8) is 0 Å². The molecule has 1 aromatic carbocycles. The van der Waals surface area contributed by atoms with Gasteiger partial charge in [0.2, 0.25) is 10.0 Å². The van der Waals surface area contributed by atoms with Crippen molar-refractivity contribution in [2.75, 3.05) is 10.5 Å². The van der Waals surface area contributed by atoms with E-state index in [1.807, 2.05) is 23.7 Å². The van der Waals surface area contributed by atoms with Gasteiger partial charge in [0.25, 0.3) is 0 Å². The summed E-state index contributed by atoms with van der Waals surface area (Å²) in [5.41, 5.74) is 1.56. The van der Waals surface area contributed by atoms with Gasteiger partial charge >= 0.3 is 0 Å². The first-order chi connectivity index (χ1) is 9.55. The van der Waals surface area contributed by atoms with E-state index in [0.29, 0.717) is 12.1 Å². The van der Waals surface area contributed by atoms with Crippen molar-refractivity contribution in [3.8, 4) is 0 Å². The van der Waals surface area contributed by atoms with E-state index >= 15 is 0 Å². The highest BCUT2D eigenvalue weighted by atomic mass is 32.2.